The number of hydrogen-bond donors (Lipinski definition) is 8. The summed E-state index contributed by atoms with van der Waals surface area (Å²) < 4.78 is 57.3. The zero-order valence-electron chi connectivity index (χ0n) is 75.2. The van der Waals surface area contributed by atoms with Crippen molar-refractivity contribution in [3.8, 4) is 57.5 Å². The zero-order valence-corrected chi connectivity index (χ0v) is 84.4. The molecule has 0 bridgehead atoms. The molecule has 10 aromatic rings. The molecule has 0 fully saturated rings. The van der Waals surface area contributed by atoms with Gasteiger partial charge in [-0.3, -0.25) is 9.13 Å². The molecule has 0 saturated carbocycles. The molecule has 3 amide bonds. The van der Waals surface area contributed by atoms with Gasteiger partial charge < -0.3 is 102 Å². The van der Waals surface area contributed by atoms with E-state index in [1.54, 1.807) is 69.8 Å². The van der Waals surface area contributed by atoms with Gasteiger partial charge in [0.2, 0.25) is 0 Å². The van der Waals surface area contributed by atoms with E-state index in [2.05, 4.69) is 46.8 Å². The Balaban J connectivity index is 0.000000770. The number of halogens is 11. The Kier molecular flexibility index (Phi) is 54.2. The number of alkyl carbamates (subject to hydrolysis) is 3. The second kappa shape index (κ2) is 59.3. The summed E-state index contributed by atoms with van der Waals surface area (Å²) in [5, 5.41) is 38.5. The molecule has 16 N–H and O–H groups in total. The van der Waals surface area contributed by atoms with Crippen LogP contribution in [-0.4, -0.2) is 161 Å². The fraction of sp³-hybridized carbons (Fsp3) is 0.378. The molecule has 132 heavy (non-hydrogen) atoms. The predicted octanol–water partition coefficient (Wildman–Crippen LogP) is 23.4. The molecule has 0 saturated heterocycles. The van der Waals surface area contributed by atoms with Gasteiger partial charge in [0.25, 0.3) is 0 Å². The molecule has 42 heteroatoms. The first kappa shape index (κ1) is 121. The van der Waals surface area contributed by atoms with E-state index in [4.69, 9.17) is 163 Å². The Morgan fingerprint density at radius 1 is 0.485 bits per heavy atom. The average Bonchev–Trinajstić information content (AvgIpc) is 1.64. The third-order valence-electron chi connectivity index (χ3n) is 15.8. The molecule has 0 atom stereocenters. The second-order valence-corrected chi connectivity index (χ2v) is 37.8. The second-order valence-electron chi connectivity index (χ2n) is 31.7. The minimum atomic E-state index is -1.16. The van der Waals surface area contributed by atoms with Gasteiger partial charge in [0.05, 0.1) is 43.3 Å². The number of aromatic nitrogens is 6. The van der Waals surface area contributed by atoms with Crippen LogP contribution < -0.4 is 61.4 Å². The van der Waals surface area contributed by atoms with E-state index in [1.807, 2.05) is 154 Å². The monoisotopic (exact) mass is 2100 g/mol. The first-order valence-electron chi connectivity index (χ1n) is 39.7. The molecule has 0 unspecified atom stereocenters. The number of phenols is 3. The lowest BCUT2D eigenvalue weighted by molar-refractivity contribution is 0.0513. The predicted molar refractivity (Wildman–Crippen MR) is 524 cm³/mol. The number of imidazole rings is 3. The third kappa shape index (κ3) is 47.9. The number of carbonyl (C=O) groups excluding carboxylic acids is 5. The Hall–Kier alpha value is -9.46. The maximum absolute atomic E-state index is 11.9. The molecule has 0 spiro atoms. The van der Waals surface area contributed by atoms with Gasteiger partial charge >= 0.3 is 30.4 Å². The summed E-state index contributed by atoms with van der Waals surface area (Å²) in [4.78, 5) is 68.6. The van der Waals surface area contributed by atoms with Crippen molar-refractivity contribution in [3.63, 3.8) is 0 Å². The molecule has 0 radical (unpaired) electrons. The minimum Gasteiger partial charge on any atom is -0.508 e. The number of ether oxygens (including phenoxy) is 10. The van der Waals surface area contributed by atoms with E-state index < -0.39 is 38.9 Å². The van der Waals surface area contributed by atoms with Crippen LogP contribution in [0.4, 0.5) is 24.0 Å². The van der Waals surface area contributed by atoms with Crippen molar-refractivity contribution >= 4 is 162 Å². The highest BCUT2D eigenvalue weighted by atomic mass is 79.9. The van der Waals surface area contributed by atoms with Gasteiger partial charge in [0, 0.05) is 135 Å². The number of para-hydroxylation sites is 2. The van der Waals surface area contributed by atoms with Crippen LogP contribution in [0.5, 0.6) is 57.5 Å². The number of amides is 3. The summed E-state index contributed by atoms with van der Waals surface area (Å²) in [6.45, 7) is 27.4. The number of phenolic OH excluding ortho intramolecular Hbond substituents is 3. The minimum absolute atomic E-state index is 0. The standard InChI is InChI=1S/C21H25Cl2NO4.C14H19Cl2NO4.C14H14N2O3.C13H10Cl2O2.C10H12O2.C8H16BrNO2.C7H6N4O.C3H4Cl4.2H3N.2H2O/c1-21(2,3)28-20(25)24-10-7-11-26-19-17(22)12-16(13-18(19)23)27-14-15-8-5-4-6-9-15;1-14(2,3)21-13(19)17-5-4-6-20-12-10(15)7-9(18)8-11(12)16;1-14(2)8-10-4-3-5-11(12(10)19-14)18-13(17)16-7-6-15-9-16;14-11-6-10(7-12(15)13(11)16)17-8-9-4-2-1-3-5-9;1-10(2)6-7-4-3-5-8(11)9(7)12-10;1-8(2,3)12-7(11)10-6-4-5-9;12-7(10-3-1-8-5-10)11-4-2-9-6-11;4-2-1-3(5,6)7;;;;/h4-6,8-9,12-13H,7,10-11,14H2,1-3H3,(H,24,25);7-8,18H,4-6H2,1-3H3,(H,17,19);3-7,9H,8H2,1-2H3;1-7,16H,8H2;3-5,11H,6H2,1-2H3;4-6H2,1-3H3,(H,10,11);1-6H;1-2H2;2*1H3;2*1H2. The molecule has 728 valence electrons. The number of fused-ring (bicyclic) bond motifs is 2. The molecule has 12 rings (SSSR count). The normalized spacial score (nSPS) is 11.9. The Labute approximate surface area is 827 Å². The summed E-state index contributed by atoms with van der Waals surface area (Å²) in [6.07, 6.45) is 16.0. The molecular formula is C90H116BrCl10N11O20. The van der Waals surface area contributed by atoms with Gasteiger partial charge in [-0.05, 0) is 133 Å². The van der Waals surface area contributed by atoms with Crippen LogP contribution >= 0.6 is 132 Å². The summed E-state index contributed by atoms with van der Waals surface area (Å²) in [5.74, 6) is 4.05. The largest absolute Gasteiger partial charge is 0.508 e. The molecular weight excluding hydrogens is 1990 g/mol. The van der Waals surface area contributed by atoms with Gasteiger partial charge in [-0.2, -0.15) is 0 Å². The van der Waals surface area contributed by atoms with Crippen LogP contribution in [0.3, 0.4) is 0 Å². The smallest absolute Gasteiger partial charge is 0.424 e. The highest BCUT2D eigenvalue weighted by Gasteiger charge is 2.34. The fourth-order valence-corrected chi connectivity index (χ4v) is 13.2. The Morgan fingerprint density at radius 2 is 0.848 bits per heavy atom. The lowest BCUT2D eigenvalue weighted by Gasteiger charge is -2.19. The number of benzene rings is 7. The lowest BCUT2D eigenvalue weighted by atomic mass is 10.0. The number of nitrogens with zero attached hydrogens (tertiary/aromatic N) is 6. The molecule has 2 aliphatic heterocycles. The van der Waals surface area contributed by atoms with Crippen molar-refractivity contribution in [2.24, 2.45) is 0 Å². The zero-order chi connectivity index (χ0) is 95.0. The molecule has 3 aromatic heterocycles. The summed E-state index contributed by atoms with van der Waals surface area (Å²) >= 11 is 60.3. The van der Waals surface area contributed by atoms with Gasteiger partial charge in [0.15, 0.2) is 44.0 Å². The van der Waals surface area contributed by atoms with Crippen LogP contribution in [0.25, 0.3) is 0 Å². The SMILES string of the molecule is CC(C)(C)OC(=O)NCCCBr.CC(C)(C)OC(=O)NCCCOc1c(Cl)cc(O)cc1Cl.CC(C)(C)OC(=O)NCCCOc1c(Cl)cc(OCc2ccccc2)cc1Cl.CC1(C)Cc2cccc(O)c2O1.CC1(C)Cc2cccc(OC(=O)n3ccnc3)c2O1.ClCCC(Cl)(Cl)Cl.N.N.O.O.O=C(n1ccnc1)n1ccnc1.Oc1c(Cl)cc(OCc2ccccc2)cc1Cl. The Morgan fingerprint density at radius 3 is 1.20 bits per heavy atom. The van der Waals surface area contributed by atoms with Crippen molar-refractivity contribution in [3.05, 3.63) is 242 Å². The number of carbonyl (C=O) groups is 5. The third-order valence-corrected chi connectivity index (χ3v) is 18.8. The molecule has 31 nitrogen and oxygen atoms in total. The van der Waals surface area contributed by atoms with Gasteiger partial charge in [-0.25, -0.2) is 43.5 Å². The first-order chi connectivity index (χ1) is 60.1. The van der Waals surface area contributed by atoms with Gasteiger partial charge in [-0.15, -0.1) is 11.6 Å². The van der Waals surface area contributed by atoms with Gasteiger partial charge in [0.1, 0.15) is 77.4 Å². The van der Waals surface area contributed by atoms with Crippen molar-refractivity contribution in [2.45, 2.75) is 174 Å². The number of alkyl halides is 5. The molecule has 0 aliphatic carbocycles. The summed E-state index contributed by atoms with van der Waals surface area (Å²) in [6, 6.07) is 39.5. The molecule has 5 heterocycles. The number of nitrogens with one attached hydrogen (secondary N) is 3. The van der Waals surface area contributed by atoms with Crippen LogP contribution in [-0.2, 0) is 40.3 Å². The highest BCUT2D eigenvalue weighted by Crippen LogP contribution is 2.44. The average molecular weight is 2110 g/mol. The number of aromatic hydroxyl groups is 3. The maximum atomic E-state index is 11.9. The van der Waals surface area contributed by atoms with E-state index >= 15 is 0 Å². The van der Waals surface area contributed by atoms with Crippen molar-refractivity contribution in [1.29, 1.82) is 0 Å². The fourth-order valence-electron chi connectivity index (χ4n) is 10.4. The van der Waals surface area contributed by atoms with Crippen molar-refractivity contribution < 1.29 is 97.6 Å². The first-order valence-corrected chi connectivity index (χ1v) is 44.7. The highest BCUT2D eigenvalue weighted by molar-refractivity contribution is 9.09. The van der Waals surface area contributed by atoms with Crippen LogP contribution in [0.1, 0.15) is 138 Å². The van der Waals surface area contributed by atoms with Crippen LogP contribution in [0.2, 0.25) is 30.1 Å². The van der Waals surface area contributed by atoms with Crippen LogP contribution in [0, 0.1) is 0 Å². The number of rotatable bonds is 21. The van der Waals surface area contributed by atoms with E-state index in [1.165, 1.54) is 69.3 Å². The summed E-state index contributed by atoms with van der Waals surface area (Å²) in [5.41, 5.74) is 2.38. The van der Waals surface area contributed by atoms with E-state index in [9.17, 15) is 39.3 Å². The topological polar surface area (TPSA) is 461 Å². The van der Waals surface area contributed by atoms with Crippen molar-refractivity contribution in [2.75, 3.05) is 44.1 Å². The Bertz CT molecular complexity index is 4970. The van der Waals surface area contributed by atoms with E-state index in [-0.39, 0.29) is 83.9 Å². The van der Waals surface area contributed by atoms with Crippen molar-refractivity contribution in [1.82, 2.24) is 56.9 Å². The molecule has 2 aliphatic rings. The summed E-state index contributed by atoms with van der Waals surface area (Å²) in [7, 11) is 0. The van der Waals surface area contributed by atoms with Crippen LogP contribution in [0.15, 0.2) is 190 Å². The van der Waals surface area contributed by atoms with E-state index in [0.717, 1.165) is 46.8 Å². The number of hydrogen-bond acceptors (Lipinski definition) is 23. The van der Waals surface area contributed by atoms with Gasteiger partial charge in [-0.1, -0.05) is 205 Å². The quantitative estimate of drug-likeness (QED) is 0.0188. The maximum Gasteiger partial charge on any atom is 0.424 e. The van der Waals surface area contributed by atoms with E-state index in [0.29, 0.717) is 121 Å². The lowest BCUT2D eigenvalue weighted by Crippen LogP contribution is -2.33. The molecule has 7 aromatic carbocycles.